The van der Waals surface area contributed by atoms with Crippen molar-refractivity contribution in [2.45, 2.75) is 167 Å². The van der Waals surface area contributed by atoms with Gasteiger partial charge in [0.25, 0.3) is 5.69 Å². The predicted octanol–water partition coefficient (Wildman–Crippen LogP) is 28.9. The number of hydrogen-bond donors (Lipinski definition) is 1. The van der Waals surface area contributed by atoms with Crippen LogP contribution in [0.25, 0.3) is 0 Å². The molecule has 7 rings (SSSR count). The van der Waals surface area contributed by atoms with Gasteiger partial charge in [0.1, 0.15) is 28.3 Å². The van der Waals surface area contributed by atoms with Crippen molar-refractivity contribution in [3.63, 3.8) is 0 Å². The third kappa shape index (κ3) is 26.8. The molecule has 504 valence electrons. The Morgan fingerprint density at radius 2 is 0.648 bits per heavy atom. The molecular weight excluding hydrogens is 1440 g/mol. The second kappa shape index (κ2) is 40.4. The first-order valence-corrected chi connectivity index (χ1v) is 34.5. The molecular formula is C68H80Cl12F4N2O4S. The SMILES string of the molecule is C.CC(C)c1c(Cl)ccc(Cl)c1Cl.CC(C)c1c(Cl)ccc(NS(C)(=O)=O)c1Cl.CC(C)c1c(Cl)ccc([N+](=O)[O-])c1Cl.CC(C)c1c(F)ccc(F)c1Cl.Cc1ccc(Cl)c(C(C)C)c1Cl.Cc1ccc(Cl)c(C(C)C)c1F.Cc1ccc(F)c(C(C)C)c1Cl. The minimum absolute atomic E-state index is 0. The monoisotopic (exact) mass is 1520 g/mol. The Bertz CT molecular complexity index is 3320. The summed E-state index contributed by atoms with van der Waals surface area (Å²) >= 11 is 71.2. The summed E-state index contributed by atoms with van der Waals surface area (Å²) in [6.07, 6.45) is 1.08. The first kappa shape index (κ1) is 87.9. The highest BCUT2D eigenvalue weighted by Crippen LogP contribution is 2.40. The maximum absolute atomic E-state index is 13.4. The largest absolute Gasteiger partial charge is 0.288 e. The van der Waals surface area contributed by atoms with Gasteiger partial charge in [-0.2, -0.15) is 0 Å². The minimum atomic E-state index is -3.33. The number of nitro groups is 1. The van der Waals surface area contributed by atoms with Gasteiger partial charge >= 0.3 is 0 Å². The molecule has 0 aliphatic heterocycles. The molecule has 7 aromatic carbocycles. The van der Waals surface area contributed by atoms with Gasteiger partial charge in [-0.05, 0) is 162 Å². The fourth-order valence-electron chi connectivity index (χ4n) is 8.37. The van der Waals surface area contributed by atoms with Gasteiger partial charge in [-0.25, -0.2) is 26.0 Å². The van der Waals surface area contributed by atoms with Gasteiger partial charge in [-0.1, -0.05) is 262 Å². The van der Waals surface area contributed by atoms with E-state index in [-0.39, 0.29) is 69.9 Å². The molecule has 0 saturated carbocycles. The molecule has 0 amide bonds. The zero-order valence-electron chi connectivity index (χ0n) is 53.2. The summed E-state index contributed by atoms with van der Waals surface area (Å²) in [4.78, 5) is 10.1. The van der Waals surface area contributed by atoms with E-state index in [0.29, 0.717) is 80.0 Å². The Labute approximate surface area is 598 Å². The number of halogens is 16. The van der Waals surface area contributed by atoms with Crippen molar-refractivity contribution in [3.8, 4) is 0 Å². The number of nitro benzene ring substituents is 1. The molecule has 0 atom stereocenters. The smallest absolute Gasteiger partial charge is 0.282 e. The molecule has 0 aromatic heterocycles. The van der Waals surface area contributed by atoms with E-state index in [1.54, 1.807) is 63.2 Å². The summed E-state index contributed by atoms with van der Waals surface area (Å²) in [5, 5.41) is 16.4. The van der Waals surface area contributed by atoms with Gasteiger partial charge < -0.3 is 0 Å². The molecule has 0 saturated heterocycles. The van der Waals surface area contributed by atoms with Crippen LogP contribution in [0.2, 0.25) is 60.3 Å². The van der Waals surface area contributed by atoms with Gasteiger partial charge in [0.15, 0.2) is 0 Å². The standard InChI is InChI=1S/C10H13Cl2NO2S.C10H12Cl2.2C10H12ClF.C9H9Cl3.C9H9Cl2NO2.C9H9ClF2.CH4/c1-6(2)9-7(11)4-5-8(10(9)12)13-16(3,14)15;1-6(2)9-8(11)5-4-7(3)10(9)12;1-6(2)9-8(12)5-4-7(3)10(9)11;1-6(2)9-8(11)5-4-7(3)10(9)12;1-5(2)8-6(10)3-4-7(11)9(8)12;1-5(2)8-6(10)3-4-7(9(8)11)12(13)14;1-5(2)8-6(11)3-4-7(12)9(8)10;/h4-6,13H,1-3H3;3*4-6H,1-3H3;3-5H,1-2H3;3-5H,1-2H3;3-5H,1-2H3;1H4. The summed E-state index contributed by atoms with van der Waals surface area (Å²) in [5.41, 5.74) is 7.78. The second-order valence-corrected chi connectivity index (χ2v) is 29.1. The molecule has 23 heteroatoms. The third-order valence-corrected chi connectivity index (χ3v) is 18.1. The number of hydrogen-bond acceptors (Lipinski definition) is 4. The minimum Gasteiger partial charge on any atom is -0.282 e. The van der Waals surface area contributed by atoms with E-state index >= 15 is 0 Å². The van der Waals surface area contributed by atoms with Crippen LogP contribution in [0.1, 0.15) is 201 Å². The number of nitrogens with zero attached hydrogens (tertiary/aromatic N) is 1. The molecule has 0 bridgehead atoms. The lowest BCUT2D eigenvalue weighted by Crippen LogP contribution is -2.10. The highest BCUT2D eigenvalue weighted by Gasteiger charge is 2.22. The van der Waals surface area contributed by atoms with Gasteiger partial charge in [0.2, 0.25) is 10.0 Å². The number of benzene rings is 7. The van der Waals surface area contributed by atoms with Crippen molar-refractivity contribution in [2.24, 2.45) is 0 Å². The predicted molar refractivity (Wildman–Crippen MR) is 390 cm³/mol. The van der Waals surface area contributed by atoms with E-state index in [1.807, 2.05) is 95.2 Å². The van der Waals surface area contributed by atoms with Crippen molar-refractivity contribution in [1.29, 1.82) is 0 Å². The fourth-order valence-corrected chi connectivity index (χ4v) is 13.6. The maximum atomic E-state index is 13.4. The molecule has 91 heavy (non-hydrogen) atoms. The van der Waals surface area contributed by atoms with Crippen molar-refractivity contribution >= 4 is 161 Å². The van der Waals surface area contributed by atoms with Crippen LogP contribution in [0.15, 0.2) is 84.9 Å². The Hall–Kier alpha value is -3.11. The fraction of sp³-hybridized carbons (Fsp3) is 0.382. The molecule has 0 aliphatic rings. The average molecular weight is 1520 g/mol. The van der Waals surface area contributed by atoms with E-state index < -0.39 is 26.6 Å². The molecule has 6 nitrogen and oxygen atoms in total. The molecule has 0 radical (unpaired) electrons. The first-order valence-electron chi connectivity index (χ1n) is 28.0. The van der Waals surface area contributed by atoms with E-state index in [0.717, 1.165) is 56.3 Å². The number of aryl methyl sites for hydroxylation is 3. The van der Waals surface area contributed by atoms with Crippen LogP contribution in [0, 0.1) is 54.2 Å². The molecule has 0 spiro atoms. The summed E-state index contributed by atoms with van der Waals surface area (Å²) in [7, 11) is -3.33. The first-order chi connectivity index (χ1) is 41.4. The average Bonchev–Trinajstić information content (AvgIpc) is 1.03. The zero-order valence-corrected chi connectivity index (χ0v) is 63.0. The highest BCUT2D eigenvalue weighted by molar-refractivity contribution is 7.92. The van der Waals surface area contributed by atoms with Crippen LogP contribution in [-0.4, -0.2) is 19.6 Å². The topological polar surface area (TPSA) is 89.3 Å². The van der Waals surface area contributed by atoms with E-state index in [2.05, 4.69) is 18.6 Å². The number of nitrogens with one attached hydrogen (secondary N) is 1. The van der Waals surface area contributed by atoms with Gasteiger partial charge in [-0.3, -0.25) is 14.8 Å². The van der Waals surface area contributed by atoms with Crippen LogP contribution in [0.3, 0.4) is 0 Å². The Morgan fingerprint density at radius 3 is 1.00 bits per heavy atom. The number of rotatable bonds is 10. The van der Waals surface area contributed by atoms with Crippen LogP contribution in [-0.2, 0) is 10.0 Å². The lowest BCUT2D eigenvalue weighted by molar-refractivity contribution is -0.384. The van der Waals surface area contributed by atoms with Crippen molar-refractivity contribution in [3.05, 3.63) is 234 Å². The zero-order chi connectivity index (χ0) is 69.9. The molecule has 7 aromatic rings. The summed E-state index contributed by atoms with van der Waals surface area (Å²) < 4.78 is 77.1. The molecule has 0 aliphatic carbocycles. The van der Waals surface area contributed by atoms with Crippen molar-refractivity contribution in [2.75, 3.05) is 11.0 Å². The Kier molecular flexibility index (Phi) is 39.1. The highest BCUT2D eigenvalue weighted by atomic mass is 35.5. The normalized spacial score (nSPS) is 10.9. The molecule has 0 heterocycles. The molecule has 0 unspecified atom stereocenters. The van der Waals surface area contributed by atoms with Gasteiger partial charge in [0, 0.05) is 57.9 Å². The van der Waals surface area contributed by atoms with E-state index in [1.165, 1.54) is 18.2 Å². The second-order valence-electron chi connectivity index (χ2n) is 22.6. The van der Waals surface area contributed by atoms with Crippen LogP contribution < -0.4 is 4.72 Å². The van der Waals surface area contributed by atoms with E-state index in [4.69, 9.17) is 139 Å². The van der Waals surface area contributed by atoms with Crippen LogP contribution >= 0.6 is 139 Å². The van der Waals surface area contributed by atoms with E-state index in [9.17, 15) is 36.1 Å². The summed E-state index contributed by atoms with van der Waals surface area (Å²) in [5.74, 6) is -0.357. The molecule has 1 N–H and O–H groups in total. The van der Waals surface area contributed by atoms with Gasteiger partial charge in [0.05, 0.1) is 37.0 Å². The number of anilines is 1. The summed E-state index contributed by atoms with van der Waals surface area (Å²) in [6.45, 7) is 32.8. The van der Waals surface area contributed by atoms with Crippen molar-refractivity contribution in [1.82, 2.24) is 0 Å². The lowest BCUT2D eigenvalue weighted by atomic mass is 10.0. The van der Waals surface area contributed by atoms with Crippen molar-refractivity contribution < 1.29 is 30.9 Å². The van der Waals surface area contributed by atoms with Crippen LogP contribution in [0.5, 0.6) is 0 Å². The quantitative estimate of drug-likeness (QED) is 0.0639. The Morgan fingerprint density at radius 1 is 0.363 bits per heavy atom. The lowest BCUT2D eigenvalue weighted by Gasteiger charge is -2.14. The van der Waals surface area contributed by atoms with Crippen LogP contribution in [0.4, 0.5) is 28.9 Å². The molecule has 0 fully saturated rings. The Balaban J connectivity index is 0.00000104. The maximum Gasteiger partial charge on any atom is 0.288 e. The number of sulfonamides is 1. The third-order valence-electron chi connectivity index (χ3n) is 12.9. The van der Waals surface area contributed by atoms with Gasteiger partial charge in [-0.15, -0.1) is 0 Å². The summed E-state index contributed by atoms with van der Waals surface area (Å²) in [6, 6.07) is 22.1.